The highest BCUT2D eigenvalue weighted by molar-refractivity contribution is 5.59. The Labute approximate surface area is 174 Å². The van der Waals surface area contributed by atoms with Crippen LogP contribution in [0.1, 0.15) is 70.2 Å². The number of nitrogens with one attached hydrogen (secondary N) is 1. The van der Waals surface area contributed by atoms with Crippen LogP contribution in [0.2, 0.25) is 0 Å². The molecule has 2 heterocycles. The standard InChI is InChI=1S/C24H33N5/c1-3-29(4-2)16-6-15-25-22-27-20-18-7-5-8-19(17-18)23(9-10-23)11-12-24(13-14-24)21(26-20)28-22/h5,7-8,17H,3-4,6,9-16H2,1-2H3,(H,25,26,27,28). The lowest BCUT2D eigenvalue weighted by Crippen LogP contribution is -2.26. The van der Waals surface area contributed by atoms with Crippen molar-refractivity contribution in [1.82, 2.24) is 19.9 Å². The van der Waals surface area contributed by atoms with Crippen molar-refractivity contribution < 1.29 is 0 Å². The van der Waals surface area contributed by atoms with E-state index < -0.39 is 0 Å². The lowest BCUT2D eigenvalue weighted by molar-refractivity contribution is 0.303. The van der Waals surface area contributed by atoms with E-state index in [-0.39, 0.29) is 5.41 Å². The van der Waals surface area contributed by atoms with Gasteiger partial charge in [0, 0.05) is 17.5 Å². The van der Waals surface area contributed by atoms with Crippen LogP contribution in [0.4, 0.5) is 5.95 Å². The molecule has 4 bridgehead atoms. The monoisotopic (exact) mass is 391 g/mol. The van der Waals surface area contributed by atoms with Crippen molar-refractivity contribution in [2.24, 2.45) is 0 Å². The molecule has 2 spiro atoms. The Morgan fingerprint density at radius 2 is 1.66 bits per heavy atom. The fourth-order valence-electron chi connectivity index (χ4n) is 4.90. The number of anilines is 1. The van der Waals surface area contributed by atoms with E-state index in [9.17, 15) is 0 Å². The van der Waals surface area contributed by atoms with Crippen LogP contribution in [-0.2, 0) is 10.8 Å². The van der Waals surface area contributed by atoms with Gasteiger partial charge in [-0.2, -0.15) is 9.97 Å². The van der Waals surface area contributed by atoms with Crippen molar-refractivity contribution in [1.29, 1.82) is 0 Å². The summed E-state index contributed by atoms with van der Waals surface area (Å²) < 4.78 is 0. The topological polar surface area (TPSA) is 53.9 Å². The molecule has 1 aromatic carbocycles. The predicted molar refractivity (Wildman–Crippen MR) is 117 cm³/mol. The van der Waals surface area contributed by atoms with Gasteiger partial charge in [-0.05, 0) is 81.6 Å². The van der Waals surface area contributed by atoms with E-state index in [1.165, 1.54) is 44.1 Å². The molecular weight excluding hydrogens is 358 g/mol. The van der Waals surface area contributed by atoms with Gasteiger partial charge in [0.25, 0.3) is 0 Å². The normalized spacial score (nSPS) is 20.1. The molecular formula is C24H33N5. The quantitative estimate of drug-likeness (QED) is 0.702. The number of nitrogens with zero attached hydrogens (tertiary/aromatic N) is 4. The zero-order valence-electron chi connectivity index (χ0n) is 17.9. The Balaban J connectivity index is 1.42. The smallest absolute Gasteiger partial charge is 0.226 e. The summed E-state index contributed by atoms with van der Waals surface area (Å²) in [4.78, 5) is 17.2. The Morgan fingerprint density at radius 3 is 2.38 bits per heavy atom. The van der Waals surface area contributed by atoms with Gasteiger partial charge in [-0.1, -0.05) is 32.0 Å². The number of benzene rings is 1. The van der Waals surface area contributed by atoms with Crippen molar-refractivity contribution in [2.45, 2.75) is 69.6 Å². The first-order valence-electron chi connectivity index (χ1n) is 11.5. The first kappa shape index (κ1) is 19.0. The Morgan fingerprint density at radius 1 is 0.931 bits per heavy atom. The third-order valence-electron chi connectivity index (χ3n) is 7.46. The molecule has 5 nitrogen and oxygen atoms in total. The van der Waals surface area contributed by atoms with Crippen LogP contribution >= 0.6 is 0 Å². The summed E-state index contributed by atoms with van der Waals surface area (Å²) >= 11 is 0. The van der Waals surface area contributed by atoms with Crippen LogP contribution in [0.15, 0.2) is 24.3 Å². The summed E-state index contributed by atoms with van der Waals surface area (Å²) in [6, 6.07) is 8.98. The SMILES string of the molecule is CCN(CC)CCCNc1nc2nc(n1)C1(CCC3(CC3)c3cccc-2c3)CC1. The number of rotatable bonds is 7. The van der Waals surface area contributed by atoms with Crippen LogP contribution < -0.4 is 5.32 Å². The van der Waals surface area contributed by atoms with E-state index in [1.807, 2.05) is 0 Å². The molecule has 2 aromatic rings. The van der Waals surface area contributed by atoms with Crippen molar-refractivity contribution in [2.75, 3.05) is 31.5 Å². The van der Waals surface area contributed by atoms with Gasteiger partial charge < -0.3 is 10.2 Å². The summed E-state index contributed by atoms with van der Waals surface area (Å²) in [6.07, 6.45) is 8.68. The largest absolute Gasteiger partial charge is 0.354 e. The summed E-state index contributed by atoms with van der Waals surface area (Å²) in [5.74, 6) is 2.62. The molecule has 3 aliphatic rings. The van der Waals surface area contributed by atoms with E-state index in [0.29, 0.717) is 5.41 Å². The zero-order valence-corrected chi connectivity index (χ0v) is 17.9. The second-order valence-corrected chi connectivity index (χ2v) is 9.25. The summed E-state index contributed by atoms with van der Waals surface area (Å²) in [7, 11) is 0. The average molecular weight is 392 g/mol. The minimum Gasteiger partial charge on any atom is -0.354 e. The summed E-state index contributed by atoms with van der Waals surface area (Å²) in [5, 5.41) is 3.50. The minimum absolute atomic E-state index is 0.196. The van der Waals surface area contributed by atoms with Crippen LogP contribution in [0.5, 0.6) is 0 Å². The van der Waals surface area contributed by atoms with Gasteiger partial charge in [0.05, 0.1) is 0 Å². The molecule has 0 saturated heterocycles. The van der Waals surface area contributed by atoms with Crippen LogP contribution in [0.3, 0.4) is 0 Å². The highest BCUT2D eigenvalue weighted by atomic mass is 15.2. The van der Waals surface area contributed by atoms with Crippen molar-refractivity contribution in [3.05, 3.63) is 35.7 Å². The Hall–Kier alpha value is -2.01. The molecule has 29 heavy (non-hydrogen) atoms. The molecule has 2 fully saturated rings. The van der Waals surface area contributed by atoms with Crippen molar-refractivity contribution in [3.8, 4) is 11.4 Å². The fourth-order valence-corrected chi connectivity index (χ4v) is 4.90. The van der Waals surface area contributed by atoms with Crippen LogP contribution in [0.25, 0.3) is 11.4 Å². The number of aromatic nitrogens is 3. The van der Waals surface area contributed by atoms with Crippen molar-refractivity contribution >= 4 is 5.95 Å². The number of fused-ring (bicyclic) bond motifs is 7. The number of hydrogen-bond acceptors (Lipinski definition) is 5. The highest BCUT2D eigenvalue weighted by Gasteiger charge is 2.52. The maximum Gasteiger partial charge on any atom is 0.226 e. The molecule has 5 rings (SSSR count). The molecule has 0 unspecified atom stereocenters. The second-order valence-electron chi connectivity index (χ2n) is 9.25. The molecule has 5 heteroatoms. The van der Waals surface area contributed by atoms with E-state index in [0.717, 1.165) is 55.8 Å². The number of hydrogen-bond donors (Lipinski definition) is 1. The van der Waals surface area contributed by atoms with Gasteiger partial charge in [0.2, 0.25) is 5.95 Å². The van der Waals surface area contributed by atoms with Gasteiger partial charge in [0.15, 0.2) is 5.82 Å². The van der Waals surface area contributed by atoms with E-state index in [4.69, 9.17) is 15.0 Å². The van der Waals surface area contributed by atoms with Gasteiger partial charge in [0.1, 0.15) is 5.82 Å². The first-order chi connectivity index (χ1) is 14.2. The van der Waals surface area contributed by atoms with Crippen LogP contribution in [-0.4, -0.2) is 46.0 Å². The third kappa shape index (κ3) is 3.65. The van der Waals surface area contributed by atoms with Gasteiger partial charge in [-0.15, -0.1) is 0 Å². The maximum absolute atomic E-state index is 4.96. The van der Waals surface area contributed by atoms with Crippen molar-refractivity contribution in [3.63, 3.8) is 0 Å². The van der Waals surface area contributed by atoms with Crippen LogP contribution in [0, 0.1) is 0 Å². The molecule has 0 amide bonds. The average Bonchev–Trinajstić information content (AvgIpc) is 3.67. The second kappa shape index (κ2) is 7.35. The zero-order chi connectivity index (χ0) is 19.9. The molecule has 0 atom stereocenters. The molecule has 2 saturated carbocycles. The first-order valence-corrected chi connectivity index (χ1v) is 11.5. The summed E-state index contributed by atoms with van der Waals surface area (Å²) in [6.45, 7) is 8.67. The maximum atomic E-state index is 4.96. The van der Waals surface area contributed by atoms with Gasteiger partial charge in [-0.25, -0.2) is 4.98 Å². The van der Waals surface area contributed by atoms with E-state index in [1.54, 1.807) is 0 Å². The molecule has 1 aromatic heterocycles. The van der Waals surface area contributed by atoms with E-state index >= 15 is 0 Å². The Bertz CT molecular complexity index is 881. The lowest BCUT2D eigenvalue weighted by Gasteiger charge is -2.23. The fraction of sp³-hybridized carbons (Fsp3) is 0.625. The van der Waals surface area contributed by atoms with Gasteiger partial charge >= 0.3 is 0 Å². The lowest BCUT2D eigenvalue weighted by atomic mass is 9.84. The molecule has 1 N–H and O–H groups in total. The van der Waals surface area contributed by atoms with E-state index in [2.05, 4.69) is 48.3 Å². The molecule has 0 radical (unpaired) electrons. The summed E-state index contributed by atoms with van der Waals surface area (Å²) in [5.41, 5.74) is 3.24. The highest BCUT2D eigenvalue weighted by Crippen LogP contribution is 2.58. The Kier molecular flexibility index (Phi) is 4.81. The predicted octanol–water partition coefficient (Wildman–Crippen LogP) is 4.54. The molecule has 1 aliphatic heterocycles. The minimum atomic E-state index is 0.196. The van der Waals surface area contributed by atoms with Gasteiger partial charge in [-0.3, -0.25) is 0 Å². The molecule has 2 aliphatic carbocycles. The third-order valence-corrected chi connectivity index (χ3v) is 7.46. The molecule has 154 valence electrons.